The Morgan fingerprint density at radius 1 is 1.42 bits per heavy atom. The Morgan fingerprint density at radius 2 is 2.11 bits per heavy atom. The van der Waals surface area contributed by atoms with Crippen LogP contribution in [0.2, 0.25) is 0 Å². The lowest BCUT2D eigenvalue weighted by atomic mass is 10.1. The molecule has 1 fully saturated rings. The van der Waals surface area contributed by atoms with E-state index in [0.717, 1.165) is 19.6 Å². The fourth-order valence-corrected chi connectivity index (χ4v) is 2.58. The molecular formula is C15H19N3O. The Balaban J connectivity index is 1.85. The fourth-order valence-electron chi connectivity index (χ4n) is 2.58. The van der Waals surface area contributed by atoms with E-state index in [1.807, 2.05) is 31.3 Å². The summed E-state index contributed by atoms with van der Waals surface area (Å²) in [6, 6.07) is 9.78. The van der Waals surface area contributed by atoms with Crippen LogP contribution in [0.4, 0.5) is 0 Å². The first-order valence-electron chi connectivity index (χ1n) is 6.50. The third-order valence-corrected chi connectivity index (χ3v) is 3.53. The molecule has 2 rings (SSSR count). The van der Waals surface area contributed by atoms with Gasteiger partial charge in [0, 0.05) is 33.1 Å². The second-order valence-electron chi connectivity index (χ2n) is 5.35. The SMILES string of the molecule is CN(Cc1ccc(C#N)cc1)CC1CC(=O)N(C)C1. The highest BCUT2D eigenvalue weighted by atomic mass is 16.2. The van der Waals surface area contributed by atoms with Crippen molar-refractivity contribution in [2.75, 3.05) is 27.2 Å². The topological polar surface area (TPSA) is 47.3 Å². The molecule has 0 spiro atoms. The van der Waals surface area contributed by atoms with Crippen molar-refractivity contribution < 1.29 is 4.79 Å². The predicted molar refractivity (Wildman–Crippen MR) is 73.2 cm³/mol. The number of hydrogen-bond donors (Lipinski definition) is 0. The number of carbonyl (C=O) groups excluding carboxylic acids is 1. The van der Waals surface area contributed by atoms with E-state index in [9.17, 15) is 4.79 Å². The number of carbonyl (C=O) groups is 1. The first kappa shape index (κ1) is 13.6. The van der Waals surface area contributed by atoms with Gasteiger partial charge in [0.2, 0.25) is 5.91 Å². The molecule has 0 bridgehead atoms. The van der Waals surface area contributed by atoms with E-state index in [-0.39, 0.29) is 5.91 Å². The molecule has 1 heterocycles. The van der Waals surface area contributed by atoms with Gasteiger partial charge in [-0.05, 0) is 30.7 Å². The van der Waals surface area contributed by atoms with Gasteiger partial charge in [-0.3, -0.25) is 4.79 Å². The first-order valence-corrected chi connectivity index (χ1v) is 6.50. The minimum Gasteiger partial charge on any atom is -0.345 e. The lowest BCUT2D eigenvalue weighted by Gasteiger charge is -2.20. The number of benzene rings is 1. The van der Waals surface area contributed by atoms with Crippen molar-refractivity contribution in [1.82, 2.24) is 9.80 Å². The number of likely N-dealkylation sites (tertiary alicyclic amines) is 1. The molecule has 1 aliphatic rings. The minimum absolute atomic E-state index is 0.247. The van der Waals surface area contributed by atoms with Crippen LogP contribution in [0.1, 0.15) is 17.5 Å². The molecule has 0 N–H and O–H groups in total. The van der Waals surface area contributed by atoms with Crippen LogP contribution in [0.25, 0.3) is 0 Å². The summed E-state index contributed by atoms with van der Waals surface area (Å²) in [5.74, 6) is 0.678. The van der Waals surface area contributed by atoms with Gasteiger partial charge in [0.15, 0.2) is 0 Å². The maximum Gasteiger partial charge on any atom is 0.222 e. The molecule has 1 atom stereocenters. The maximum absolute atomic E-state index is 11.5. The highest BCUT2D eigenvalue weighted by Gasteiger charge is 2.27. The molecule has 0 radical (unpaired) electrons. The quantitative estimate of drug-likeness (QED) is 0.820. The van der Waals surface area contributed by atoms with Crippen LogP contribution in [0.5, 0.6) is 0 Å². The summed E-state index contributed by atoms with van der Waals surface area (Å²) >= 11 is 0. The van der Waals surface area contributed by atoms with Crippen molar-refractivity contribution in [1.29, 1.82) is 5.26 Å². The second-order valence-corrected chi connectivity index (χ2v) is 5.35. The second kappa shape index (κ2) is 5.85. The Morgan fingerprint density at radius 3 is 2.63 bits per heavy atom. The van der Waals surface area contributed by atoms with Gasteiger partial charge in [0.25, 0.3) is 0 Å². The van der Waals surface area contributed by atoms with Gasteiger partial charge in [-0.1, -0.05) is 12.1 Å². The van der Waals surface area contributed by atoms with Crippen molar-refractivity contribution >= 4 is 5.91 Å². The summed E-state index contributed by atoms with van der Waals surface area (Å²) in [5.41, 5.74) is 1.88. The highest BCUT2D eigenvalue weighted by Crippen LogP contribution is 2.17. The number of rotatable bonds is 4. The summed E-state index contributed by atoms with van der Waals surface area (Å²) in [7, 11) is 3.93. The molecule has 1 amide bonds. The summed E-state index contributed by atoms with van der Waals surface area (Å²) in [6.45, 7) is 2.63. The fraction of sp³-hybridized carbons (Fsp3) is 0.467. The number of nitrogens with zero attached hydrogens (tertiary/aromatic N) is 3. The van der Waals surface area contributed by atoms with Crippen LogP contribution in [-0.4, -0.2) is 42.9 Å². The first-order chi connectivity index (χ1) is 9.08. The van der Waals surface area contributed by atoms with E-state index in [0.29, 0.717) is 17.9 Å². The minimum atomic E-state index is 0.247. The average Bonchev–Trinajstić information content (AvgIpc) is 2.69. The molecule has 19 heavy (non-hydrogen) atoms. The van der Waals surface area contributed by atoms with Gasteiger partial charge in [-0.15, -0.1) is 0 Å². The zero-order valence-electron chi connectivity index (χ0n) is 11.5. The van der Waals surface area contributed by atoms with Crippen molar-refractivity contribution in [3.63, 3.8) is 0 Å². The molecule has 1 unspecified atom stereocenters. The smallest absolute Gasteiger partial charge is 0.222 e. The standard InChI is InChI=1S/C15H19N3O/c1-17(10-14-7-15(19)18(2)11-14)9-13-5-3-12(8-16)4-6-13/h3-6,14H,7,9-11H2,1-2H3. The maximum atomic E-state index is 11.5. The Bertz CT molecular complexity index is 489. The van der Waals surface area contributed by atoms with E-state index in [1.165, 1.54) is 5.56 Å². The Hall–Kier alpha value is -1.86. The van der Waals surface area contributed by atoms with Gasteiger partial charge in [-0.25, -0.2) is 0 Å². The lowest BCUT2D eigenvalue weighted by Crippen LogP contribution is -2.27. The summed E-state index contributed by atoms with van der Waals surface area (Å²) in [5, 5.41) is 8.75. The Kier molecular flexibility index (Phi) is 4.18. The van der Waals surface area contributed by atoms with Gasteiger partial charge in [-0.2, -0.15) is 5.26 Å². The summed E-state index contributed by atoms with van der Waals surface area (Å²) in [4.78, 5) is 15.5. The largest absolute Gasteiger partial charge is 0.345 e. The summed E-state index contributed by atoms with van der Waals surface area (Å²) < 4.78 is 0. The van der Waals surface area contributed by atoms with Gasteiger partial charge < -0.3 is 9.80 Å². The monoisotopic (exact) mass is 257 g/mol. The van der Waals surface area contributed by atoms with Crippen molar-refractivity contribution in [3.05, 3.63) is 35.4 Å². The Labute approximate surface area is 114 Å². The molecule has 100 valence electrons. The number of amides is 1. The van der Waals surface area contributed by atoms with Crippen LogP contribution < -0.4 is 0 Å². The molecule has 1 saturated heterocycles. The molecule has 4 heteroatoms. The number of hydrogen-bond acceptors (Lipinski definition) is 3. The zero-order valence-corrected chi connectivity index (χ0v) is 11.5. The van der Waals surface area contributed by atoms with Crippen LogP contribution >= 0.6 is 0 Å². The van der Waals surface area contributed by atoms with E-state index in [2.05, 4.69) is 18.0 Å². The van der Waals surface area contributed by atoms with Crippen molar-refractivity contribution in [3.8, 4) is 6.07 Å². The molecular weight excluding hydrogens is 238 g/mol. The third kappa shape index (κ3) is 3.55. The molecule has 1 aromatic rings. The third-order valence-electron chi connectivity index (χ3n) is 3.53. The molecule has 0 aliphatic carbocycles. The van der Waals surface area contributed by atoms with Crippen LogP contribution in [-0.2, 0) is 11.3 Å². The lowest BCUT2D eigenvalue weighted by molar-refractivity contribution is -0.126. The van der Waals surface area contributed by atoms with E-state index in [4.69, 9.17) is 5.26 Å². The normalized spacial score (nSPS) is 18.9. The average molecular weight is 257 g/mol. The van der Waals surface area contributed by atoms with Crippen molar-refractivity contribution in [2.45, 2.75) is 13.0 Å². The van der Waals surface area contributed by atoms with E-state index >= 15 is 0 Å². The van der Waals surface area contributed by atoms with Crippen LogP contribution in [0, 0.1) is 17.2 Å². The van der Waals surface area contributed by atoms with Crippen molar-refractivity contribution in [2.24, 2.45) is 5.92 Å². The molecule has 4 nitrogen and oxygen atoms in total. The molecule has 0 saturated carbocycles. The predicted octanol–water partition coefficient (Wildman–Crippen LogP) is 1.47. The van der Waals surface area contributed by atoms with E-state index < -0.39 is 0 Å². The van der Waals surface area contributed by atoms with E-state index in [1.54, 1.807) is 4.90 Å². The van der Waals surface area contributed by atoms with Gasteiger partial charge >= 0.3 is 0 Å². The number of nitriles is 1. The van der Waals surface area contributed by atoms with Crippen LogP contribution in [0.3, 0.4) is 0 Å². The molecule has 1 aromatic carbocycles. The summed E-state index contributed by atoms with van der Waals surface area (Å²) in [6.07, 6.45) is 0.661. The highest BCUT2D eigenvalue weighted by molar-refractivity contribution is 5.78. The zero-order chi connectivity index (χ0) is 13.8. The molecule has 1 aliphatic heterocycles. The van der Waals surface area contributed by atoms with Gasteiger partial charge in [0.05, 0.1) is 11.6 Å². The molecule has 0 aromatic heterocycles. The van der Waals surface area contributed by atoms with Crippen LogP contribution in [0.15, 0.2) is 24.3 Å². The van der Waals surface area contributed by atoms with Gasteiger partial charge in [0.1, 0.15) is 0 Å².